The minimum Gasteiger partial charge on any atom is -0.460 e. The topological polar surface area (TPSA) is 52.3 Å². The fourth-order valence-corrected chi connectivity index (χ4v) is 2.83. The lowest BCUT2D eigenvalue weighted by Crippen LogP contribution is -2.23. The van der Waals surface area contributed by atoms with Gasteiger partial charge >= 0.3 is 5.97 Å². The summed E-state index contributed by atoms with van der Waals surface area (Å²) in [7, 11) is 0. The number of esters is 1. The first kappa shape index (κ1) is 23.9. The van der Waals surface area contributed by atoms with Crippen LogP contribution in [0.2, 0.25) is 0 Å². The molecule has 0 aliphatic heterocycles. The normalized spacial score (nSPS) is 10.7. The minimum absolute atomic E-state index is 0.116. The van der Waals surface area contributed by atoms with E-state index in [0.717, 1.165) is 34.8 Å². The molecule has 2 rings (SSSR count). The van der Waals surface area contributed by atoms with E-state index in [1.54, 1.807) is 0 Å². The van der Waals surface area contributed by atoms with Gasteiger partial charge in [0.15, 0.2) is 0 Å². The predicted octanol–water partition coefficient (Wildman–Crippen LogP) is 6.06. The lowest BCUT2D eigenvalue weighted by Gasteiger charge is -2.19. The SMILES string of the molecule is CC(C)(C)OC(=O)CCCc1ccc(Br)cc1.NCCc1ccc(Br)cc1. The average Bonchev–Trinajstić information content (AvgIpc) is 2.58. The molecule has 0 fully saturated rings. The molecule has 0 bridgehead atoms. The highest BCUT2D eigenvalue weighted by Crippen LogP contribution is 2.14. The van der Waals surface area contributed by atoms with Crippen LogP contribution in [-0.2, 0) is 22.4 Å². The third-order valence-corrected chi connectivity index (χ3v) is 4.58. The van der Waals surface area contributed by atoms with Gasteiger partial charge < -0.3 is 10.5 Å². The number of hydrogen-bond donors (Lipinski definition) is 1. The van der Waals surface area contributed by atoms with Gasteiger partial charge in [-0.3, -0.25) is 4.79 Å². The number of benzene rings is 2. The summed E-state index contributed by atoms with van der Waals surface area (Å²) < 4.78 is 7.44. The molecule has 0 aliphatic rings. The van der Waals surface area contributed by atoms with Crippen LogP contribution in [0.4, 0.5) is 0 Å². The van der Waals surface area contributed by atoms with Crippen LogP contribution in [0.15, 0.2) is 57.5 Å². The fraction of sp³-hybridized carbons (Fsp3) is 0.409. The van der Waals surface area contributed by atoms with E-state index in [2.05, 4.69) is 56.1 Å². The fourth-order valence-electron chi connectivity index (χ4n) is 2.30. The van der Waals surface area contributed by atoms with Crippen LogP contribution in [-0.4, -0.2) is 18.1 Å². The Balaban J connectivity index is 0.000000309. The Morgan fingerprint density at radius 1 is 0.889 bits per heavy atom. The van der Waals surface area contributed by atoms with E-state index in [0.29, 0.717) is 6.42 Å². The van der Waals surface area contributed by atoms with E-state index >= 15 is 0 Å². The zero-order chi connectivity index (χ0) is 20.3. The Bertz CT molecular complexity index is 677. The first-order valence-electron chi connectivity index (χ1n) is 9.10. The maximum Gasteiger partial charge on any atom is 0.306 e. The molecule has 0 radical (unpaired) electrons. The summed E-state index contributed by atoms with van der Waals surface area (Å²) in [5.74, 6) is -0.116. The van der Waals surface area contributed by atoms with Crippen LogP contribution in [0, 0.1) is 0 Å². The van der Waals surface area contributed by atoms with Crippen LogP contribution < -0.4 is 5.73 Å². The van der Waals surface area contributed by atoms with Gasteiger partial charge in [-0.05, 0) is 82.0 Å². The first-order chi connectivity index (χ1) is 12.7. The van der Waals surface area contributed by atoms with Gasteiger partial charge in [-0.15, -0.1) is 0 Å². The first-order valence-corrected chi connectivity index (χ1v) is 10.7. The highest BCUT2D eigenvalue weighted by molar-refractivity contribution is 9.10. The third-order valence-electron chi connectivity index (χ3n) is 3.53. The van der Waals surface area contributed by atoms with Gasteiger partial charge in [0.2, 0.25) is 0 Å². The quantitative estimate of drug-likeness (QED) is 0.492. The second-order valence-electron chi connectivity index (χ2n) is 7.23. The van der Waals surface area contributed by atoms with Crippen molar-refractivity contribution < 1.29 is 9.53 Å². The molecule has 0 heterocycles. The molecule has 2 aromatic rings. The average molecular weight is 499 g/mol. The van der Waals surface area contributed by atoms with Crippen LogP contribution in [0.1, 0.15) is 44.7 Å². The van der Waals surface area contributed by atoms with Crippen LogP contribution in [0.25, 0.3) is 0 Å². The lowest BCUT2D eigenvalue weighted by atomic mass is 10.1. The molecule has 0 unspecified atom stereocenters. The summed E-state index contributed by atoms with van der Waals surface area (Å²) >= 11 is 6.76. The van der Waals surface area contributed by atoms with Crippen LogP contribution in [0.5, 0.6) is 0 Å². The minimum atomic E-state index is -0.380. The van der Waals surface area contributed by atoms with Crippen molar-refractivity contribution in [1.29, 1.82) is 0 Å². The van der Waals surface area contributed by atoms with Crippen molar-refractivity contribution in [3.8, 4) is 0 Å². The summed E-state index contributed by atoms with van der Waals surface area (Å²) in [4.78, 5) is 11.5. The van der Waals surface area contributed by atoms with E-state index in [1.807, 2.05) is 45.0 Å². The van der Waals surface area contributed by atoms with Crippen molar-refractivity contribution >= 4 is 37.8 Å². The van der Waals surface area contributed by atoms with Gasteiger partial charge in [0.1, 0.15) is 5.60 Å². The summed E-state index contributed by atoms with van der Waals surface area (Å²) in [6.07, 6.45) is 3.18. The van der Waals surface area contributed by atoms with E-state index in [9.17, 15) is 4.79 Å². The molecule has 5 heteroatoms. The number of ether oxygens (including phenoxy) is 1. The van der Waals surface area contributed by atoms with E-state index in [1.165, 1.54) is 11.1 Å². The highest BCUT2D eigenvalue weighted by Gasteiger charge is 2.15. The van der Waals surface area contributed by atoms with Gasteiger partial charge in [-0.2, -0.15) is 0 Å². The molecule has 0 saturated carbocycles. The van der Waals surface area contributed by atoms with Crippen molar-refractivity contribution in [2.45, 2.75) is 52.1 Å². The van der Waals surface area contributed by atoms with Gasteiger partial charge in [-0.25, -0.2) is 0 Å². The van der Waals surface area contributed by atoms with Crippen molar-refractivity contribution in [3.63, 3.8) is 0 Å². The molecule has 2 aromatic carbocycles. The molecule has 0 atom stereocenters. The Kier molecular flexibility index (Phi) is 10.9. The van der Waals surface area contributed by atoms with E-state index < -0.39 is 0 Å². The van der Waals surface area contributed by atoms with Crippen LogP contribution >= 0.6 is 31.9 Å². The molecular weight excluding hydrogens is 470 g/mol. The molecule has 2 N–H and O–H groups in total. The highest BCUT2D eigenvalue weighted by atomic mass is 79.9. The van der Waals surface area contributed by atoms with Gasteiger partial charge in [0.05, 0.1) is 0 Å². The predicted molar refractivity (Wildman–Crippen MR) is 120 cm³/mol. The molecule has 0 aromatic heterocycles. The monoisotopic (exact) mass is 497 g/mol. The number of rotatable bonds is 6. The van der Waals surface area contributed by atoms with Crippen molar-refractivity contribution in [2.24, 2.45) is 5.73 Å². The lowest BCUT2D eigenvalue weighted by molar-refractivity contribution is -0.154. The zero-order valence-corrected chi connectivity index (χ0v) is 19.5. The van der Waals surface area contributed by atoms with E-state index in [-0.39, 0.29) is 11.6 Å². The number of aryl methyl sites for hydroxylation is 1. The Morgan fingerprint density at radius 2 is 1.33 bits per heavy atom. The smallest absolute Gasteiger partial charge is 0.306 e. The zero-order valence-electron chi connectivity index (χ0n) is 16.3. The maximum atomic E-state index is 11.5. The van der Waals surface area contributed by atoms with Crippen molar-refractivity contribution in [2.75, 3.05) is 6.54 Å². The third kappa shape index (κ3) is 12.0. The maximum absolute atomic E-state index is 11.5. The number of carbonyl (C=O) groups is 1. The van der Waals surface area contributed by atoms with Crippen LogP contribution in [0.3, 0.4) is 0 Å². The molecular formula is C22H29Br2NO2. The Labute approximate surface area is 179 Å². The van der Waals surface area contributed by atoms with Crippen molar-refractivity contribution in [1.82, 2.24) is 0 Å². The standard InChI is InChI=1S/C14H19BrO2.C8H10BrN/c1-14(2,3)17-13(16)6-4-5-11-7-9-12(15)10-8-11;9-8-3-1-7(2-4-8)5-6-10/h7-10H,4-6H2,1-3H3;1-4H,5-6,10H2. The number of carbonyl (C=O) groups excluding carboxylic acids is 1. The number of nitrogens with two attached hydrogens (primary N) is 1. The second kappa shape index (κ2) is 12.3. The Morgan fingerprint density at radius 3 is 1.74 bits per heavy atom. The largest absolute Gasteiger partial charge is 0.460 e. The van der Waals surface area contributed by atoms with Gasteiger partial charge in [-0.1, -0.05) is 56.1 Å². The molecule has 0 aliphatic carbocycles. The van der Waals surface area contributed by atoms with Gasteiger partial charge in [0.25, 0.3) is 0 Å². The molecule has 0 amide bonds. The molecule has 3 nitrogen and oxygen atoms in total. The second-order valence-corrected chi connectivity index (χ2v) is 9.06. The van der Waals surface area contributed by atoms with Crippen molar-refractivity contribution in [3.05, 3.63) is 68.6 Å². The number of halogens is 2. The molecule has 0 saturated heterocycles. The number of hydrogen-bond acceptors (Lipinski definition) is 3. The molecule has 148 valence electrons. The Hall–Kier alpha value is -1.17. The molecule has 0 spiro atoms. The summed E-state index contributed by atoms with van der Waals surface area (Å²) in [5, 5.41) is 0. The van der Waals surface area contributed by atoms with E-state index in [4.69, 9.17) is 10.5 Å². The molecule has 27 heavy (non-hydrogen) atoms. The summed E-state index contributed by atoms with van der Waals surface area (Å²) in [6, 6.07) is 16.4. The summed E-state index contributed by atoms with van der Waals surface area (Å²) in [5.41, 5.74) is 7.55. The summed E-state index contributed by atoms with van der Waals surface area (Å²) in [6.45, 7) is 6.39. The van der Waals surface area contributed by atoms with Gasteiger partial charge in [0, 0.05) is 15.4 Å².